The van der Waals surface area contributed by atoms with Crippen LogP contribution in [0.4, 0.5) is 0 Å². The Morgan fingerprint density at radius 1 is 0.462 bits per heavy atom. The number of hydrogen-bond donors (Lipinski definition) is 0. The van der Waals surface area contributed by atoms with E-state index in [2.05, 4.69) is 0 Å². The van der Waals surface area contributed by atoms with E-state index in [-0.39, 0.29) is 0 Å². The van der Waals surface area contributed by atoms with Gasteiger partial charge < -0.3 is 0 Å². The average molecular weight is 178 g/mol. The molecule has 2 unspecified atom stereocenters. The van der Waals surface area contributed by atoms with E-state index in [1.165, 1.54) is 23.7 Å². The van der Waals surface area contributed by atoms with Gasteiger partial charge in [-0.25, -0.2) is 0 Å². The maximum Gasteiger partial charge on any atom is -0.0355 e. The predicted molar refractivity (Wildman–Crippen MR) is 55.5 cm³/mol. The maximum atomic E-state index is 1.59. The van der Waals surface area contributed by atoms with Crippen LogP contribution in [-0.4, -0.2) is 0 Å². The van der Waals surface area contributed by atoms with Crippen LogP contribution in [0, 0.1) is 23.7 Å². The molecule has 0 aromatic carbocycles. The smallest absolute Gasteiger partial charge is 0.0355 e. The molecule has 3 saturated carbocycles. The molecule has 3 aliphatic carbocycles. The predicted octanol–water partition coefficient (Wildman–Crippen LogP) is 4.00. The van der Waals surface area contributed by atoms with Gasteiger partial charge in [-0.15, -0.1) is 0 Å². The summed E-state index contributed by atoms with van der Waals surface area (Å²) < 4.78 is 0. The summed E-state index contributed by atoms with van der Waals surface area (Å²) in [5.74, 6) is 4.73. The molecule has 0 aromatic heterocycles. The van der Waals surface area contributed by atoms with Crippen molar-refractivity contribution in [3.63, 3.8) is 0 Å². The molecule has 3 fully saturated rings. The van der Waals surface area contributed by atoms with E-state index < -0.39 is 0 Å². The molecular weight excluding hydrogens is 156 g/mol. The van der Waals surface area contributed by atoms with E-state index in [1.54, 1.807) is 57.8 Å². The average Bonchev–Trinajstić information content (AvgIpc) is 2.46. The van der Waals surface area contributed by atoms with Crippen molar-refractivity contribution >= 4 is 0 Å². The van der Waals surface area contributed by atoms with Crippen LogP contribution >= 0.6 is 0 Å². The standard InChI is InChI=1S/C13H22/c1-2-5-10(4-1)12-8-9-13(12)11-6-3-7-11/h10-13H,1-9H2. The lowest BCUT2D eigenvalue weighted by Gasteiger charge is -2.48. The summed E-state index contributed by atoms with van der Waals surface area (Å²) in [5.41, 5.74) is 0. The van der Waals surface area contributed by atoms with Crippen LogP contribution < -0.4 is 0 Å². The molecule has 0 amide bonds. The first-order valence-electron chi connectivity index (χ1n) is 6.45. The Morgan fingerprint density at radius 2 is 0.923 bits per heavy atom. The van der Waals surface area contributed by atoms with E-state index in [0.717, 1.165) is 0 Å². The van der Waals surface area contributed by atoms with Gasteiger partial charge in [-0.05, 0) is 36.5 Å². The van der Waals surface area contributed by atoms with E-state index >= 15 is 0 Å². The van der Waals surface area contributed by atoms with Crippen LogP contribution in [0.3, 0.4) is 0 Å². The van der Waals surface area contributed by atoms with Crippen molar-refractivity contribution in [1.29, 1.82) is 0 Å². The van der Waals surface area contributed by atoms with E-state index in [1.807, 2.05) is 0 Å². The van der Waals surface area contributed by atoms with E-state index in [9.17, 15) is 0 Å². The summed E-state index contributed by atoms with van der Waals surface area (Å²) in [5, 5.41) is 0. The molecule has 0 heteroatoms. The number of rotatable bonds is 2. The highest BCUT2D eigenvalue weighted by atomic mass is 14.5. The summed E-state index contributed by atoms with van der Waals surface area (Å²) in [7, 11) is 0. The first-order valence-corrected chi connectivity index (χ1v) is 6.45. The largest absolute Gasteiger partial charge is 0.0530 e. The van der Waals surface area contributed by atoms with Gasteiger partial charge in [-0.3, -0.25) is 0 Å². The van der Waals surface area contributed by atoms with Crippen molar-refractivity contribution in [3.8, 4) is 0 Å². The minimum absolute atomic E-state index is 1.17. The van der Waals surface area contributed by atoms with Crippen molar-refractivity contribution in [2.75, 3.05) is 0 Å². The molecule has 2 atom stereocenters. The molecule has 0 heterocycles. The molecule has 0 nitrogen and oxygen atoms in total. The molecule has 3 rings (SSSR count). The van der Waals surface area contributed by atoms with Crippen LogP contribution in [0.1, 0.15) is 57.8 Å². The van der Waals surface area contributed by atoms with Crippen molar-refractivity contribution < 1.29 is 0 Å². The second-order valence-electron chi connectivity index (χ2n) is 5.64. The van der Waals surface area contributed by atoms with Crippen LogP contribution in [0.5, 0.6) is 0 Å². The van der Waals surface area contributed by atoms with E-state index in [0.29, 0.717) is 0 Å². The third-order valence-electron chi connectivity index (χ3n) is 5.14. The third-order valence-corrected chi connectivity index (χ3v) is 5.14. The highest BCUT2D eigenvalue weighted by Gasteiger charge is 2.43. The Morgan fingerprint density at radius 3 is 1.23 bits per heavy atom. The summed E-state index contributed by atoms with van der Waals surface area (Å²) in [6, 6.07) is 0. The summed E-state index contributed by atoms with van der Waals surface area (Å²) in [6.07, 6.45) is 14.1. The van der Waals surface area contributed by atoms with Gasteiger partial charge in [0.05, 0.1) is 0 Å². The highest BCUT2D eigenvalue weighted by Crippen LogP contribution is 2.53. The molecule has 13 heavy (non-hydrogen) atoms. The van der Waals surface area contributed by atoms with Crippen LogP contribution in [-0.2, 0) is 0 Å². The monoisotopic (exact) mass is 178 g/mol. The first-order chi connectivity index (χ1) is 6.45. The fourth-order valence-corrected chi connectivity index (χ4v) is 3.98. The topological polar surface area (TPSA) is 0 Å². The molecule has 74 valence electrons. The van der Waals surface area contributed by atoms with Crippen LogP contribution in [0.15, 0.2) is 0 Å². The van der Waals surface area contributed by atoms with Gasteiger partial charge in [0, 0.05) is 0 Å². The first kappa shape index (κ1) is 8.32. The summed E-state index contributed by atoms with van der Waals surface area (Å²) in [4.78, 5) is 0. The SMILES string of the molecule is C1CCC(C2CCC2C2CCC2)C1. The van der Waals surface area contributed by atoms with Crippen molar-refractivity contribution in [2.24, 2.45) is 23.7 Å². The van der Waals surface area contributed by atoms with Gasteiger partial charge in [0.25, 0.3) is 0 Å². The van der Waals surface area contributed by atoms with Gasteiger partial charge >= 0.3 is 0 Å². The lowest BCUT2D eigenvalue weighted by Crippen LogP contribution is -2.39. The zero-order valence-corrected chi connectivity index (χ0v) is 8.67. The minimum Gasteiger partial charge on any atom is -0.0530 e. The molecule has 0 spiro atoms. The Bertz CT molecular complexity index is 174. The zero-order chi connectivity index (χ0) is 8.67. The Balaban J connectivity index is 1.58. The Labute approximate surface area is 82.1 Å². The Kier molecular flexibility index (Phi) is 2.11. The molecule has 0 saturated heterocycles. The molecule has 0 N–H and O–H groups in total. The van der Waals surface area contributed by atoms with Crippen molar-refractivity contribution in [2.45, 2.75) is 57.8 Å². The molecule has 0 bridgehead atoms. The molecule has 0 aliphatic heterocycles. The third kappa shape index (κ3) is 1.33. The van der Waals surface area contributed by atoms with E-state index in [4.69, 9.17) is 0 Å². The fraction of sp³-hybridized carbons (Fsp3) is 1.00. The fourth-order valence-electron chi connectivity index (χ4n) is 3.98. The van der Waals surface area contributed by atoms with Crippen LogP contribution in [0.25, 0.3) is 0 Å². The quantitative estimate of drug-likeness (QED) is 0.599. The van der Waals surface area contributed by atoms with Crippen molar-refractivity contribution in [1.82, 2.24) is 0 Å². The minimum atomic E-state index is 1.17. The van der Waals surface area contributed by atoms with Gasteiger partial charge in [0.1, 0.15) is 0 Å². The lowest BCUT2D eigenvalue weighted by molar-refractivity contribution is 0.0189. The van der Waals surface area contributed by atoms with Gasteiger partial charge in [0.2, 0.25) is 0 Å². The molecule has 0 radical (unpaired) electrons. The maximum absolute atomic E-state index is 1.59. The molecule has 0 aromatic rings. The summed E-state index contributed by atoms with van der Waals surface area (Å²) >= 11 is 0. The van der Waals surface area contributed by atoms with Gasteiger partial charge in [-0.1, -0.05) is 44.9 Å². The highest BCUT2D eigenvalue weighted by molar-refractivity contribution is 4.93. The van der Waals surface area contributed by atoms with Crippen molar-refractivity contribution in [3.05, 3.63) is 0 Å². The zero-order valence-electron chi connectivity index (χ0n) is 8.67. The summed E-state index contributed by atoms with van der Waals surface area (Å²) in [6.45, 7) is 0. The van der Waals surface area contributed by atoms with Gasteiger partial charge in [0.15, 0.2) is 0 Å². The second kappa shape index (κ2) is 3.29. The normalized spacial score (nSPS) is 41.5. The second-order valence-corrected chi connectivity index (χ2v) is 5.64. The lowest BCUT2D eigenvalue weighted by atomic mass is 9.57. The van der Waals surface area contributed by atoms with Crippen LogP contribution in [0.2, 0.25) is 0 Å². The molecule has 3 aliphatic rings. The van der Waals surface area contributed by atoms with Gasteiger partial charge in [-0.2, -0.15) is 0 Å². The molecular formula is C13H22. The number of hydrogen-bond acceptors (Lipinski definition) is 0. The Hall–Kier alpha value is 0.